The fraction of sp³-hybridized carbons (Fsp3) is 0.286. The van der Waals surface area contributed by atoms with Gasteiger partial charge in [-0.2, -0.15) is 0 Å². The second kappa shape index (κ2) is 11.6. The molecule has 0 radical (unpaired) electrons. The SMILES string of the molecule is O=C(O)c1cc(COC2CCCCO2)cc(C(=O)OCc2ccccc2)c1Cc1ccccc1. The van der Waals surface area contributed by atoms with E-state index in [0.717, 1.165) is 30.4 Å². The van der Waals surface area contributed by atoms with Crippen molar-refractivity contribution in [3.8, 4) is 0 Å². The highest BCUT2D eigenvalue weighted by Crippen LogP contribution is 2.25. The number of hydrogen-bond donors (Lipinski definition) is 1. The zero-order valence-corrected chi connectivity index (χ0v) is 18.9. The molecule has 1 N–H and O–H groups in total. The van der Waals surface area contributed by atoms with Crippen molar-refractivity contribution in [1.29, 1.82) is 0 Å². The van der Waals surface area contributed by atoms with Gasteiger partial charge in [-0.15, -0.1) is 0 Å². The second-order valence-electron chi connectivity index (χ2n) is 8.31. The second-order valence-corrected chi connectivity index (χ2v) is 8.31. The molecular weight excluding hydrogens is 432 g/mol. The van der Waals surface area contributed by atoms with E-state index < -0.39 is 11.9 Å². The number of benzene rings is 3. The summed E-state index contributed by atoms with van der Waals surface area (Å²) < 4.78 is 17.1. The lowest BCUT2D eigenvalue weighted by Gasteiger charge is -2.23. The van der Waals surface area contributed by atoms with Crippen LogP contribution in [0.15, 0.2) is 72.8 Å². The van der Waals surface area contributed by atoms with E-state index in [1.165, 1.54) is 0 Å². The van der Waals surface area contributed by atoms with Crippen LogP contribution in [0.1, 0.15) is 62.2 Å². The molecule has 1 aliphatic heterocycles. The number of ether oxygens (including phenoxy) is 3. The van der Waals surface area contributed by atoms with Crippen molar-refractivity contribution in [3.63, 3.8) is 0 Å². The summed E-state index contributed by atoms with van der Waals surface area (Å²) in [5.74, 6) is -1.66. The van der Waals surface area contributed by atoms with Gasteiger partial charge in [0.15, 0.2) is 6.29 Å². The number of carboxylic acids is 1. The zero-order valence-electron chi connectivity index (χ0n) is 18.9. The van der Waals surface area contributed by atoms with Crippen molar-refractivity contribution in [2.24, 2.45) is 0 Å². The Balaban J connectivity index is 1.63. The molecule has 0 saturated carbocycles. The van der Waals surface area contributed by atoms with Gasteiger partial charge < -0.3 is 19.3 Å². The third-order valence-corrected chi connectivity index (χ3v) is 5.77. The van der Waals surface area contributed by atoms with Gasteiger partial charge in [-0.3, -0.25) is 0 Å². The maximum absolute atomic E-state index is 13.2. The van der Waals surface area contributed by atoms with E-state index in [4.69, 9.17) is 14.2 Å². The molecule has 34 heavy (non-hydrogen) atoms. The molecule has 0 aromatic heterocycles. The Morgan fingerprint density at radius 2 is 1.53 bits per heavy atom. The molecular formula is C28H28O6. The molecule has 0 bridgehead atoms. The third kappa shape index (κ3) is 6.31. The summed E-state index contributed by atoms with van der Waals surface area (Å²) in [5.41, 5.74) is 3.09. The zero-order chi connectivity index (χ0) is 23.8. The molecule has 0 amide bonds. The molecule has 0 spiro atoms. The predicted molar refractivity (Wildman–Crippen MR) is 127 cm³/mol. The maximum atomic E-state index is 13.2. The number of rotatable bonds is 9. The van der Waals surface area contributed by atoms with Crippen LogP contribution in [-0.4, -0.2) is 29.9 Å². The summed E-state index contributed by atoms with van der Waals surface area (Å²) in [5, 5.41) is 9.98. The number of esters is 1. The van der Waals surface area contributed by atoms with Crippen LogP contribution in [0.25, 0.3) is 0 Å². The van der Waals surface area contributed by atoms with Gasteiger partial charge in [0, 0.05) is 6.61 Å². The van der Waals surface area contributed by atoms with Crippen molar-refractivity contribution < 1.29 is 28.9 Å². The van der Waals surface area contributed by atoms with Crippen LogP contribution in [0, 0.1) is 0 Å². The van der Waals surface area contributed by atoms with Crippen LogP contribution >= 0.6 is 0 Å². The molecule has 6 nitrogen and oxygen atoms in total. The molecule has 0 aliphatic carbocycles. The van der Waals surface area contributed by atoms with Gasteiger partial charge in [-0.05, 0) is 60.1 Å². The van der Waals surface area contributed by atoms with Gasteiger partial charge in [0.25, 0.3) is 0 Å². The van der Waals surface area contributed by atoms with Crippen LogP contribution in [-0.2, 0) is 33.8 Å². The van der Waals surface area contributed by atoms with Crippen molar-refractivity contribution >= 4 is 11.9 Å². The van der Waals surface area contributed by atoms with E-state index in [0.29, 0.717) is 24.2 Å². The van der Waals surface area contributed by atoms with Crippen molar-refractivity contribution in [3.05, 3.63) is 106 Å². The van der Waals surface area contributed by atoms with Gasteiger partial charge in [0.2, 0.25) is 0 Å². The van der Waals surface area contributed by atoms with E-state index in [1.807, 2.05) is 60.7 Å². The van der Waals surface area contributed by atoms with Crippen LogP contribution in [0.3, 0.4) is 0 Å². The molecule has 1 aliphatic rings. The van der Waals surface area contributed by atoms with Gasteiger partial charge in [0.05, 0.1) is 17.7 Å². The third-order valence-electron chi connectivity index (χ3n) is 5.77. The monoisotopic (exact) mass is 460 g/mol. The van der Waals surface area contributed by atoms with Crippen LogP contribution < -0.4 is 0 Å². The summed E-state index contributed by atoms with van der Waals surface area (Å²) in [6, 6.07) is 22.1. The normalized spacial score (nSPS) is 15.6. The summed E-state index contributed by atoms with van der Waals surface area (Å²) in [6.45, 7) is 0.900. The van der Waals surface area contributed by atoms with Crippen LogP contribution in [0.2, 0.25) is 0 Å². The molecule has 1 saturated heterocycles. The van der Waals surface area contributed by atoms with E-state index in [-0.39, 0.29) is 30.6 Å². The standard InChI is InChI=1S/C28H28O6/c29-27(30)24-16-22(19-33-26-13-7-8-14-32-26)17-25(23(24)15-20-9-3-1-4-10-20)28(31)34-18-21-11-5-2-6-12-21/h1-6,9-12,16-17,26H,7-8,13-15,18-19H2,(H,29,30). The fourth-order valence-corrected chi connectivity index (χ4v) is 4.01. The van der Waals surface area contributed by atoms with E-state index in [2.05, 4.69) is 0 Å². The molecule has 1 unspecified atom stereocenters. The summed E-state index contributed by atoms with van der Waals surface area (Å²) in [4.78, 5) is 25.4. The Kier molecular flexibility index (Phi) is 8.07. The summed E-state index contributed by atoms with van der Waals surface area (Å²) in [6.07, 6.45) is 2.81. The molecule has 3 aromatic carbocycles. The first-order valence-corrected chi connectivity index (χ1v) is 11.5. The predicted octanol–water partition coefficient (Wildman–Crippen LogP) is 5.38. The van der Waals surface area contributed by atoms with Gasteiger partial charge in [-0.1, -0.05) is 60.7 Å². The highest BCUT2D eigenvalue weighted by molar-refractivity contribution is 5.98. The first-order chi connectivity index (χ1) is 16.6. The Labute approximate surface area is 199 Å². The molecule has 1 atom stereocenters. The van der Waals surface area contributed by atoms with Gasteiger partial charge >= 0.3 is 11.9 Å². The minimum absolute atomic E-state index is 0.0705. The molecule has 1 heterocycles. The van der Waals surface area contributed by atoms with E-state index in [1.54, 1.807) is 12.1 Å². The topological polar surface area (TPSA) is 82.1 Å². The van der Waals surface area contributed by atoms with Crippen molar-refractivity contribution in [1.82, 2.24) is 0 Å². The van der Waals surface area contributed by atoms with Crippen molar-refractivity contribution in [2.45, 2.75) is 45.2 Å². The quantitative estimate of drug-likeness (QED) is 0.432. The van der Waals surface area contributed by atoms with E-state index in [9.17, 15) is 14.7 Å². The number of aromatic carboxylic acids is 1. The Hall–Kier alpha value is -3.48. The first-order valence-electron chi connectivity index (χ1n) is 11.5. The molecule has 6 heteroatoms. The number of hydrogen-bond acceptors (Lipinski definition) is 5. The lowest BCUT2D eigenvalue weighted by Crippen LogP contribution is -2.22. The number of carbonyl (C=O) groups is 2. The summed E-state index contributed by atoms with van der Waals surface area (Å²) in [7, 11) is 0. The lowest BCUT2D eigenvalue weighted by atomic mass is 9.92. The van der Waals surface area contributed by atoms with Crippen LogP contribution in [0.4, 0.5) is 0 Å². The number of carboxylic acid groups (broad SMARTS) is 1. The molecule has 4 rings (SSSR count). The molecule has 1 fully saturated rings. The minimum atomic E-state index is -1.10. The molecule has 176 valence electrons. The average Bonchev–Trinajstić information content (AvgIpc) is 2.88. The largest absolute Gasteiger partial charge is 0.478 e. The van der Waals surface area contributed by atoms with Crippen molar-refractivity contribution in [2.75, 3.05) is 6.61 Å². The maximum Gasteiger partial charge on any atom is 0.338 e. The Morgan fingerprint density at radius 1 is 0.853 bits per heavy atom. The van der Waals surface area contributed by atoms with Gasteiger partial charge in [-0.25, -0.2) is 9.59 Å². The van der Waals surface area contributed by atoms with Gasteiger partial charge in [0.1, 0.15) is 6.61 Å². The highest BCUT2D eigenvalue weighted by atomic mass is 16.7. The minimum Gasteiger partial charge on any atom is -0.478 e. The smallest absolute Gasteiger partial charge is 0.338 e. The van der Waals surface area contributed by atoms with Crippen LogP contribution in [0.5, 0.6) is 0 Å². The summed E-state index contributed by atoms with van der Waals surface area (Å²) >= 11 is 0. The Bertz CT molecular complexity index is 1100. The highest BCUT2D eigenvalue weighted by Gasteiger charge is 2.23. The van der Waals surface area contributed by atoms with E-state index >= 15 is 0 Å². The lowest BCUT2D eigenvalue weighted by molar-refractivity contribution is -0.168. The Morgan fingerprint density at radius 3 is 2.18 bits per heavy atom. The first kappa shape index (κ1) is 23.7. The number of carbonyl (C=O) groups excluding carboxylic acids is 1. The fourth-order valence-electron chi connectivity index (χ4n) is 4.01. The average molecular weight is 461 g/mol. The molecule has 3 aromatic rings.